The van der Waals surface area contributed by atoms with Crippen molar-refractivity contribution in [3.63, 3.8) is 0 Å². The molecule has 0 unspecified atom stereocenters. The third kappa shape index (κ3) is 4.40. The van der Waals surface area contributed by atoms with Gasteiger partial charge in [-0.1, -0.05) is 37.0 Å². The number of benzene rings is 1. The van der Waals surface area contributed by atoms with Crippen LogP contribution in [0.15, 0.2) is 32.4 Å². The monoisotopic (exact) mass is 494 g/mol. The number of aromatic amines is 1. The third-order valence-corrected chi connectivity index (χ3v) is 5.29. The first-order chi connectivity index (χ1) is 13.7. The van der Waals surface area contributed by atoms with Gasteiger partial charge in [-0.3, -0.25) is 9.78 Å². The summed E-state index contributed by atoms with van der Waals surface area (Å²) in [5.74, 6) is 0.742. The minimum absolute atomic E-state index is 0.201. The lowest BCUT2D eigenvalue weighted by molar-refractivity contribution is 0.740. The molecule has 0 aliphatic carbocycles. The van der Waals surface area contributed by atoms with E-state index >= 15 is 0 Å². The van der Waals surface area contributed by atoms with E-state index in [0.717, 1.165) is 14.8 Å². The molecule has 0 amide bonds. The molecular weight excluding hydrogens is 483 g/mol. The Morgan fingerprint density at radius 2 is 1.93 bits per heavy atom. The maximum Gasteiger partial charge on any atom is 0.349 e. The van der Waals surface area contributed by atoms with Crippen molar-refractivity contribution in [1.29, 1.82) is 5.26 Å². The smallest absolute Gasteiger partial charge is 0.270 e. The zero-order valence-electron chi connectivity index (χ0n) is 15.2. The number of halogens is 3. The largest absolute Gasteiger partial charge is 0.349 e. The minimum Gasteiger partial charge on any atom is -0.270 e. The zero-order chi connectivity index (χ0) is 21.3. The van der Waals surface area contributed by atoms with Gasteiger partial charge in [-0.2, -0.15) is 9.94 Å². The van der Waals surface area contributed by atoms with Gasteiger partial charge in [0.15, 0.2) is 0 Å². The Morgan fingerprint density at radius 1 is 1.28 bits per heavy atom. The van der Waals surface area contributed by atoms with Crippen LogP contribution in [0, 0.1) is 11.3 Å². The molecule has 3 aromatic rings. The summed E-state index contributed by atoms with van der Waals surface area (Å²) in [5.41, 5.74) is -0.479. The van der Waals surface area contributed by atoms with Crippen LogP contribution in [0.25, 0.3) is 5.69 Å². The number of nitriles is 1. The van der Waals surface area contributed by atoms with Gasteiger partial charge in [0, 0.05) is 22.7 Å². The Hall–Kier alpha value is -2.54. The summed E-state index contributed by atoms with van der Waals surface area (Å²) in [6, 6.07) is 4.57. The highest BCUT2D eigenvalue weighted by Gasteiger charge is 2.16. The summed E-state index contributed by atoms with van der Waals surface area (Å²) in [6.45, 7) is 4.05. The third-order valence-electron chi connectivity index (χ3n) is 4.01. The van der Waals surface area contributed by atoms with Gasteiger partial charge in [-0.25, -0.2) is 14.8 Å². The minimum atomic E-state index is -0.865. The van der Waals surface area contributed by atoms with Crippen molar-refractivity contribution in [2.45, 2.75) is 26.2 Å². The van der Waals surface area contributed by atoms with Gasteiger partial charge in [-0.05, 0) is 39.5 Å². The van der Waals surface area contributed by atoms with E-state index in [1.807, 2.05) is 18.8 Å². The predicted octanol–water partition coefficient (Wildman–Crippen LogP) is 3.37. The summed E-state index contributed by atoms with van der Waals surface area (Å²) < 4.78 is 1.68. The molecule has 1 N–H and O–H groups in total. The van der Waals surface area contributed by atoms with Crippen LogP contribution in [0.1, 0.15) is 42.5 Å². The molecule has 0 saturated heterocycles. The Bertz CT molecular complexity index is 1240. The van der Waals surface area contributed by atoms with Crippen LogP contribution in [0.4, 0.5) is 0 Å². The lowest BCUT2D eigenvalue weighted by Gasteiger charge is -2.12. The first-order valence-corrected chi connectivity index (χ1v) is 9.89. The van der Waals surface area contributed by atoms with Crippen molar-refractivity contribution in [3.8, 4) is 11.8 Å². The summed E-state index contributed by atoms with van der Waals surface area (Å²) in [7, 11) is 0. The van der Waals surface area contributed by atoms with Crippen LogP contribution in [0.5, 0.6) is 0 Å². The molecule has 0 atom stereocenters. The number of hydrogen-bond acceptors (Lipinski definition) is 6. The summed E-state index contributed by atoms with van der Waals surface area (Å²) in [4.78, 5) is 34.5. The molecule has 0 aliphatic heterocycles. The SMILES string of the molecule is CC(C)c1nc(Cc2c(Cl)cc(-n3nc(C#N)c(=O)[nH]c3=O)cc2Cl)ncc1Br. The predicted molar refractivity (Wildman–Crippen MR) is 112 cm³/mol. The van der Waals surface area contributed by atoms with E-state index in [-0.39, 0.29) is 28.1 Å². The highest BCUT2D eigenvalue weighted by Crippen LogP contribution is 2.30. The van der Waals surface area contributed by atoms with Crippen molar-refractivity contribution in [2.24, 2.45) is 0 Å². The van der Waals surface area contributed by atoms with E-state index in [4.69, 9.17) is 28.5 Å². The van der Waals surface area contributed by atoms with Gasteiger partial charge in [-0.15, -0.1) is 5.10 Å². The van der Waals surface area contributed by atoms with Crippen LogP contribution >= 0.6 is 39.1 Å². The molecule has 0 aliphatic rings. The van der Waals surface area contributed by atoms with Gasteiger partial charge in [0.25, 0.3) is 5.56 Å². The van der Waals surface area contributed by atoms with Gasteiger partial charge in [0.2, 0.25) is 5.69 Å². The van der Waals surface area contributed by atoms with Crippen molar-refractivity contribution in [2.75, 3.05) is 0 Å². The first-order valence-electron chi connectivity index (χ1n) is 8.34. The highest BCUT2D eigenvalue weighted by atomic mass is 79.9. The molecule has 8 nitrogen and oxygen atoms in total. The quantitative estimate of drug-likeness (QED) is 0.592. The topological polar surface area (TPSA) is 117 Å². The molecule has 148 valence electrons. The van der Waals surface area contributed by atoms with E-state index in [9.17, 15) is 9.59 Å². The highest BCUT2D eigenvalue weighted by molar-refractivity contribution is 9.10. The van der Waals surface area contributed by atoms with E-state index in [1.54, 1.807) is 12.3 Å². The average molecular weight is 496 g/mol. The number of nitrogens with one attached hydrogen (secondary N) is 1. The van der Waals surface area contributed by atoms with Crippen LogP contribution in [0.2, 0.25) is 10.0 Å². The van der Waals surface area contributed by atoms with E-state index in [2.05, 4.69) is 31.0 Å². The lowest BCUT2D eigenvalue weighted by Crippen LogP contribution is -2.33. The van der Waals surface area contributed by atoms with E-state index in [1.165, 1.54) is 12.1 Å². The molecule has 0 spiro atoms. The maximum absolute atomic E-state index is 12.1. The molecule has 3 rings (SSSR count). The Balaban J connectivity index is 2.04. The van der Waals surface area contributed by atoms with E-state index < -0.39 is 16.9 Å². The Morgan fingerprint density at radius 3 is 2.52 bits per heavy atom. The molecule has 29 heavy (non-hydrogen) atoms. The number of rotatable bonds is 4. The van der Waals surface area contributed by atoms with Crippen molar-refractivity contribution in [3.05, 3.63) is 76.5 Å². The molecule has 0 saturated carbocycles. The zero-order valence-corrected chi connectivity index (χ0v) is 18.3. The second-order valence-electron chi connectivity index (χ2n) is 6.37. The fraction of sp³-hybridized carbons (Fsp3) is 0.222. The summed E-state index contributed by atoms with van der Waals surface area (Å²) in [5, 5.41) is 13.2. The lowest BCUT2D eigenvalue weighted by atomic mass is 10.1. The Labute approximate surface area is 183 Å². The Kier molecular flexibility index (Phi) is 6.17. The second-order valence-corrected chi connectivity index (χ2v) is 8.04. The van der Waals surface area contributed by atoms with Gasteiger partial charge < -0.3 is 0 Å². The van der Waals surface area contributed by atoms with Crippen LogP contribution in [-0.4, -0.2) is 24.7 Å². The van der Waals surface area contributed by atoms with Crippen molar-refractivity contribution in [1.82, 2.24) is 24.7 Å². The molecule has 2 heterocycles. The molecule has 11 heteroatoms. The number of hydrogen-bond donors (Lipinski definition) is 1. The number of aromatic nitrogens is 5. The molecule has 0 bridgehead atoms. The van der Waals surface area contributed by atoms with Gasteiger partial charge in [0.05, 0.1) is 15.9 Å². The number of H-pyrrole nitrogens is 1. The molecule has 2 aromatic heterocycles. The molecule has 0 fully saturated rings. The molecule has 1 aromatic carbocycles. The van der Waals surface area contributed by atoms with Gasteiger partial charge >= 0.3 is 5.69 Å². The van der Waals surface area contributed by atoms with Crippen LogP contribution in [-0.2, 0) is 6.42 Å². The van der Waals surface area contributed by atoms with Crippen LogP contribution in [0.3, 0.4) is 0 Å². The molecule has 0 radical (unpaired) electrons. The van der Waals surface area contributed by atoms with Gasteiger partial charge in [0.1, 0.15) is 11.9 Å². The van der Waals surface area contributed by atoms with Crippen LogP contribution < -0.4 is 11.2 Å². The summed E-state index contributed by atoms with van der Waals surface area (Å²) >= 11 is 16.2. The number of nitrogens with zero attached hydrogens (tertiary/aromatic N) is 5. The fourth-order valence-corrected chi connectivity index (χ4v) is 3.85. The normalized spacial score (nSPS) is 10.9. The standard InChI is InChI=1S/C18H13BrCl2N6O2/c1-8(2)16-11(19)7-23-15(24-16)5-10-12(20)3-9(4-13(10)21)27-18(29)25-17(28)14(6-22)26-27/h3-4,7-8H,5H2,1-2H3,(H,25,28,29). The van der Waals surface area contributed by atoms with E-state index in [0.29, 0.717) is 11.4 Å². The maximum atomic E-state index is 12.1. The molecular formula is C18H13BrCl2N6O2. The summed E-state index contributed by atoms with van der Waals surface area (Å²) in [6.07, 6.45) is 1.96. The first kappa shape index (κ1) is 21.2. The van der Waals surface area contributed by atoms with Crippen molar-refractivity contribution >= 4 is 39.1 Å². The average Bonchev–Trinajstić information content (AvgIpc) is 2.65. The second kappa shape index (κ2) is 8.45. The fourth-order valence-electron chi connectivity index (χ4n) is 2.60. The van der Waals surface area contributed by atoms with Crippen molar-refractivity contribution < 1.29 is 0 Å².